The highest BCUT2D eigenvalue weighted by Crippen LogP contribution is 2.36. The van der Waals surface area contributed by atoms with Gasteiger partial charge in [-0.15, -0.1) is 0 Å². The van der Waals surface area contributed by atoms with Crippen LogP contribution in [0, 0.1) is 5.92 Å². The van der Waals surface area contributed by atoms with Crippen LogP contribution in [0.2, 0.25) is 0 Å². The molecule has 0 radical (unpaired) electrons. The van der Waals surface area contributed by atoms with Crippen molar-refractivity contribution in [1.29, 1.82) is 0 Å². The molecule has 2 atom stereocenters. The molecule has 2 rings (SSSR count). The monoisotopic (exact) mass is 290 g/mol. The Labute approximate surface area is 127 Å². The number of rotatable bonds is 4. The molecule has 0 saturated heterocycles. The molecule has 0 fully saturated rings. The number of amides is 1. The zero-order chi connectivity index (χ0) is 15.6. The van der Waals surface area contributed by atoms with Crippen LogP contribution in [-0.4, -0.2) is 24.6 Å². The summed E-state index contributed by atoms with van der Waals surface area (Å²) < 4.78 is 5.98. The number of hydrogen-bond acceptors (Lipinski definition) is 3. The molecule has 0 aliphatic carbocycles. The van der Waals surface area contributed by atoms with E-state index in [-0.39, 0.29) is 24.0 Å². The normalized spacial score (nSPS) is 19.1. The van der Waals surface area contributed by atoms with E-state index < -0.39 is 0 Å². The molecule has 0 bridgehead atoms. The molecule has 0 spiro atoms. The largest absolute Gasteiger partial charge is 0.486 e. The minimum Gasteiger partial charge on any atom is -0.486 e. The van der Waals surface area contributed by atoms with Crippen molar-refractivity contribution in [1.82, 2.24) is 0 Å². The molecule has 4 heteroatoms. The summed E-state index contributed by atoms with van der Waals surface area (Å²) in [6, 6.07) is 6.16. The number of hydrogen-bond donors (Lipinski definition) is 1. The fraction of sp³-hybridized carbons (Fsp3) is 0.588. The van der Waals surface area contributed by atoms with Gasteiger partial charge in [0.15, 0.2) is 0 Å². The van der Waals surface area contributed by atoms with Gasteiger partial charge < -0.3 is 15.4 Å². The second kappa shape index (κ2) is 6.48. The Balaban J connectivity index is 2.37. The van der Waals surface area contributed by atoms with Gasteiger partial charge >= 0.3 is 0 Å². The minimum absolute atomic E-state index is 0.0226. The Kier molecular flexibility index (Phi) is 4.88. The minimum atomic E-state index is -0.0226. The van der Waals surface area contributed by atoms with E-state index in [0.717, 1.165) is 29.8 Å². The van der Waals surface area contributed by atoms with Crippen molar-refractivity contribution in [3.8, 4) is 5.75 Å². The van der Waals surface area contributed by atoms with Gasteiger partial charge in [0.05, 0.1) is 12.2 Å². The van der Waals surface area contributed by atoms with Gasteiger partial charge in [0.2, 0.25) is 5.91 Å². The zero-order valence-electron chi connectivity index (χ0n) is 13.4. The van der Waals surface area contributed by atoms with E-state index in [9.17, 15) is 4.79 Å². The summed E-state index contributed by atoms with van der Waals surface area (Å²) in [5.41, 5.74) is 7.90. The third-order valence-electron chi connectivity index (χ3n) is 3.77. The van der Waals surface area contributed by atoms with E-state index in [1.807, 2.05) is 43.9 Å². The van der Waals surface area contributed by atoms with E-state index >= 15 is 0 Å². The topological polar surface area (TPSA) is 55.6 Å². The summed E-state index contributed by atoms with van der Waals surface area (Å²) >= 11 is 0. The number of nitrogens with two attached hydrogens (primary N) is 1. The van der Waals surface area contributed by atoms with Gasteiger partial charge in [0.25, 0.3) is 0 Å². The SMILES string of the molecule is CCC1CN(C(=O)C(C)C)c2cc(CC(C)N)ccc2O1. The lowest BCUT2D eigenvalue weighted by molar-refractivity contribution is -0.121. The molecular formula is C17H26N2O2. The quantitative estimate of drug-likeness (QED) is 0.927. The van der Waals surface area contributed by atoms with Crippen LogP contribution in [-0.2, 0) is 11.2 Å². The predicted octanol–water partition coefficient (Wildman–Crippen LogP) is 2.74. The molecule has 1 aliphatic heterocycles. The zero-order valence-corrected chi connectivity index (χ0v) is 13.4. The van der Waals surface area contributed by atoms with Crippen molar-refractivity contribution in [3.05, 3.63) is 23.8 Å². The standard InChI is InChI=1S/C17H26N2O2/c1-5-14-10-19(17(20)11(2)3)15-9-13(8-12(4)18)6-7-16(15)21-14/h6-7,9,11-12,14H,5,8,10,18H2,1-4H3. The number of nitrogens with zero attached hydrogens (tertiary/aromatic N) is 1. The molecule has 1 amide bonds. The Hall–Kier alpha value is -1.55. The van der Waals surface area contributed by atoms with Crippen LogP contribution in [0.1, 0.15) is 39.7 Å². The van der Waals surface area contributed by atoms with Crippen LogP contribution in [0.5, 0.6) is 5.75 Å². The van der Waals surface area contributed by atoms with E-state index in [2.05, 4.69) is 6.92 Å². The maximum atomic E-state index is 12.5. The molecule has 2 N–H and O–H groups in total. The predicted molar refractivity (Wildman–Crippen MR) is 85.7 cm³/mol. The third-order valence-corrected chi connectivity index (χ3v) is 3.77. The van der Waals surface area contributed by atoms with Gasteiger partial charge in [0.1, 0.15) is 11.9 Å². The molecule has 0 aromatic heterocycles. The van der Waals surface area contributed by atoms with Crippen molar-refractivity contribution in [2.75, 3.05) is 11.4 Å². The van der Waals surface area contributed by atoms with Crippen molar-refractivity contribution in [2.24, 2.45) is 11.7 Å². The summed E-state index contributed by atoms with van der Waals surface area (Å²) in [6.07, 6.45) is 1.76. The summed E-state index contributed by atoms with van der Waals surface area (Å²) in [7, 11) is 0. The first kappa shape index (κ1) is 15.8. The second-order valence-electron chi connectivity index (χ2n) is 6.24. The fourth-order valence-corrected chi connectivity index (χ4v) is 2.62. The van der Waals surface area contributed by atoms with Crippen LogP contribution in [0.4, 0.5) is 5.69 Å². The highest BCUT2D eigenvalue weighted by atomic mass is 16.5. The van der Waals surface area contributed by atoms with Crippen LogP contribution in [0.15, 0.2) is 18.2 Å². The smallest absolute Gasteiger partial charge is 0.229 e. The molecule has 1 aliphatic rings. The fourth-order valence-electron chi connectivity index (χ4n) is 2.62. The molecule has 116 valence electrons. The highest BCUT2D eigenvalue weighted by Gasteiger charge is 2.30. The molecular weight excluding hydrogens is 264 g/mol. The van der Waals surface area contributed by atoms with Gasteiger partial charge in [-0.25, -0.2) is 0 Å². The van der Waals surface area contributed by atoms with Crippen LogP contribution in [0.3, 0.4) is 0 Å². The first-order chi connectivity index (χ1) is 9.92. The van der Waals surface area contributed by atoms with Gasteiger partial charge in [0, 0.05) is 12.0 Å². The number of benzene rings is 1. The van der Waals surface area contributed by atoms with Gasteiger partial charge in [-0.05, 0) is 37.5 Å². The number of ether oxygens (including phenoxy) is 1. The maximum absolute atomic E-state index is 12.5. The molecule has 1 aromatic rings. The number of fused-ring (bicyclic) bond motifs is 1. The Morgan fingerprint density at radius 3 is 2.71 bits per heavy atom. The average molecular weight is 290 g/mol. The summed E-state index contributed by atoms with van der Waals surface area (Å²) in [5, 5.41) is 0. The first-order valence-electron chi connectivity index (χ1n) is 7.78. The molecule has 1 aromatic carbocycles. The lowest BCUT2D eigenvalue weighted by Crippen LogP contribution is -2.45. The van der Waals surface area contributed by atoms with E-state index in [0.29, 0.717) is 6.54 Å². The Morgan fingerprint density at radius 2 is 2.14 bits per heavy atom. The number of carbonyl (C=O) groups excluding carboxylic acids is 1. The van der Waals surface area contributed by atoms with Crippen LogP contribution < -0.4 is 15.4 Å². The van der Waals surface area contributed by atoms with Crippen LogP contribution >= 0.6 is 0 Å². The van der Waals surface area contributed by atoms with E-state index in [1.165, 1.54) is 0 Å². The van der Waals surface area contributed by atoms with E-state index in [1.54, 1.807) is 0 Å². The summed E-state index contributed by atoms with van der Waals surface area (Å²) in [5.74, 6) is 0.928. The first-order valence-corrected chi connectivity index (χ1v) is 7.78. The van der Waals surface area contributed by atoms with Gasteiger partial charge in [-0.2, -0.15) is 0 Å². The number of anilines is 1. The highest BCUT2D eigenvalue weighted by molar-refractivity contribution is 5.96. The molecule has 0 saturated carbocycles. The van der Waals surface area contributed by atoms with E-state index in [4.69, 9.17) is 10.5 Å². The van der Waals surface area contributed by atoms with Crippen LogP contribution in [0.25, 0.3) is 0 Å². The Morgan fingerprint density at radius 1 is 1.43 bits per heavy atom. The third kappa shape index (κ3) is 3.56. The number of carbonyl (C=O) groups is 1. The maximum Gasteiger partial charge on any atom is 0.229 e. The molecule has 2 unspecified atom stereocenters. The van der Waals surface area contributed by atoms with Crippen molar-refractivity contribution in [3.63, 3.8) is 0 Å². The Bertz CT molecular complexity index is 512. The van der Waals surface area contributed by atoms with Gasteiger partial charge in [-0.3, -0.25) is 4.79 Å². The van der Waals surface area contributed by atoms with Crippen molar-refractivity contribution >= 4 is 11.6 Å². The second-order valence-corrected chi connectivity index (χ2v) is 6.24. The molecule has 1 heterocycles. The average Bonchev–Trinajstić information content (AvgIpc) is 2.44. The van der Waals surface area contributed by atoms with Gasteiger partial charge in [-0.1, -0.05) is 26.8 Å². The summed E-state index contributed by atoms with van der Waals surface area (Å²) in [6.45, 7) is 8.56. The van der Waals surface area contributed by atoms with Crippen molar-refractivity contribution < 1.29 is 9.53 Å². The molecule has 21 heavy (non-hydrogen) atoms. The lowest BCUT2D eigenvalue weighted by atomic mass is 10.0. The van der Waals surface area contributed by atoms with Crippen molar-refractivity contribution in [2.45, 2.75) is 52.7 Å². The lowest BCUT2D eigenvalue weighted by Gasteiger charge is -2.36. The summed E-state index contributed by atoms with van der Waals surface area (Å²) in [4.78, 5) is 14.4. The molecule has 4 nitrogen and oxygen atoms in total.